The predicted octanol–water partition coefficient (Wildman–Crippen LogP) is 1.77. The number of carbonyl (C=O) groups is 1. The smallest absolute Gasteiger partial charge is 0.486 e. The molecule has 0 saturated carbocycles. The van der Waals surface area contributed by atoms with Crippen molar-refractivity contribution in [3.63, 3.8) is 0 Å². The van der Waals surface area contributed by atoms with Crippen molar-refractivity contribution in [1.82, 2.24) is 0 Å². The Kier molecular flexibility index (Phi) is 4.95. The van der Waals surface area contributed by atoms with Gasteiger partial charge in [0.25, 0.3) is 0 Å². The van der Waals surface area contributed by atoms with Crippen LogP contribution in [-0.2, 0) is 25.0 Å². The number of hydrogen-bond acceptors (Lipinski definition) is 7. The number of benzene rings is 1. The van der Waals surface area contributed by atoms with Crippen LogP contribution in [-0.4, -0.2) is 51.9 Å². The highest BCUT2D eigenvalue weighted by molar-refractivity contribution is 7.86. The van der Waals surface area contributed by atoms with Gasteiger partial charge in [0.2, 0.25) is 0 Å². The zero-order valence-electron chi connectivity index (χ0n) is 13.8. The minimum absolute atomic E-state index is 0.180. The molecule has 8 nitrogen and oxygen atoms in total. The predicted molar refractivity (Wildman–Crippen MR) is 84.1 cm³/mol. The van der Waals surface area contributed by atoms with Crippen molar-refractivity contribution >= 4 is 16.3 Å². The van der Waals surface area contributed by atoms with Crippen LogP contribution in [0.3, 0.4) is 0 Å². The maximum absolute atomic E-state index is 11.3. The van der Waals surface area contributed by atoms with Crippen molar-refractivity contribution in [3.8, 4) is 11.5 Å². The maximum Gasteiger partial charge on any atom is 0.505 e. The minimum Gasteiger partial charge on any atom is -0.486 e. The summed E-state index contributed by atoms with van der Waals surface area (Å²) in [5, 5.41) is 8.66. The fourth-order valence-electron chi connectivity index (χ4n) is 2.75. The lowest BCUT2D eigenvalue weighted by atomic mass is 9.79. The summed E-state index contributed by atoms with van der Waals surface area (Å²) < 4.78 is 43.3. The summed E-state index contributed by atoms with van der Waals surface area (Å²) in [6.45, 7) is 3.60. The third-order valence-corrected chi connectivity index (χ3v) is 4.36. The van der Waals surface area contributed by atoms with E-state index in [9.17, 15) is 13.2 Å². The van der Waals surface area contributed by atoms with Crippen molar-refractivity contribution in [2.75, 3.05) is 20.0 Å². The first-order chi connectivity index (χ1) is 11.0. The van der Waals surface area contributed by atoms with E-state index in [1.54, 1.807) is 12.1 Å². The second-order valence-corrected chi connectivity index (χ2v) is 7.63. The van der Waals surface area contributed by atoms with Crippen LogP contribution in [0.5, 0.6) is 11.5 Å². The molecule has 1 aromatic carbocycles. The van der Waals surface area contributed by atoms with E-state index >= 15 is 0 Å². The van der Waals surface area contributed by atoms with E-state index < -0.39 is 33.9 Å². The Morgan fingerprint density at radius 1 is 1.42 bits per heavy atom. The molecule has 0 spiro atoms. The highest BCUT2D eigenvalue weighted by Crippen LogP contribution is 2.45. The average Bonchev–Trinajstić information content (AvgIpc) is 2.70. The molecule has 1 aliphatic heterocycles. The largest absolute Gasteiger partial charge is 0.505 e. The molecule has 0 bridgehead atoms. The van der Waals surface area contributed by atoms with Gasteiger partial charge in [-0.1, -0.05) is 13.8 Å². The lowest BCUT2D eigenvalue weighted by molar-refractivity contribution is -0.0533. The van der Waals surface area contributed by atoms with Crippen LogP contribution >= 0.6 is 0 Å². The molecule has 2 rings (SSSR count). The van der Waals surface area contributed by atoms with Gasteiger partial charge in [-0.15, -0.1) is 0 Å². The molecule has 0 amide bonds. The molecule has 1 heterocycles. The molecule has 2 atom stereocenters. The molecule has 1 aromatic rings. The van der Waals surface area contributed by atoms with E-state index in [0.717, 1.165) is 11.8 Å². The van der Waals surface area contributed by atoms with E-state index in [2.05, 4.69) is 4.74 Å². The molecule has 134 valence electrons. The number of methoxy groups -OCH3 is 1. The molecule has 24 heavy (non-hydrogen) atoms. The summed E-state index contributed by atoms with van der Waals surface area (Å²) in [6.07, 6.45) is -1.56. The number of fused-ring (bicyclic) bond motifs is 1. The summed E-state index contributed by atoms with van der Waals surface area (Å²) in [6, 6.07) is 4.71. The zero-order chi connectivity index (χ0) is 18.1. The van der Waals surface area contributed by atoms with Gasteiger partial charge >= 0.3 is 16.3 Å². The molecule has 0 aliphatic carbocycles. The van der Waals surface area contributed by atoms with Crippen molar-refractivity contribution in [3.05, 3.63) is 23.8 Å². The lowest BCUT2D eigenvalue weighted by Gasteiger charge is -2.31. The van der Waals surface area contributed by atoms with Gasteiger partial charge in [-0.3, -0.25) is 0 Å². The van der Waals surface area contributed by atoms with Crippen LogP contribution in [0, 0.1) is 0 Å². The second kappa shape index (κ2) is 6.48. The Morgan fingerprint density at radius 3 is 2.62 bits per heavy atom. The van der Waals surface area contributed by atoms with Crippen LogP contribution < -0.4 is 8.92 Å². The quantitative estimate of drug-likeness (QED) is 0.604. The Morgan fingerprint density at radius 2 is 2.08 bits per heavy atom. The van der Waals surface area contributed by atoms with Crippen LogP contribution in [0.4, 0.5) is 4.79 Å². The Balaban J connectivity index is 2.28. The summed E-state index contributed by atoms with van der Waals surface area (Å²) >= 11 is 0. The molecule has 9 heteroatoms. The van der Waals surface area contributed by atoms with E-state index in [1.807, 2.05) is 13.8 Å². The summed E-state index contributed by atoms with van der Waals surface area (Å²) in [5.41, 5.74) is 0.167. The van der Waals surface area contributed by atoms with Crippen molar-refractivity contribution in [2.24, 2.45) is 0 Å². The number of hydrogen-bond donors (Lipinski definition) is 1. The van der Waals surface area contributed by atoms with Crippen LogP contribution in [0.1, 0.15) is 19.4 Å². The van der Waals surface area contributed by atoms with Gasteiger partial charge in [0.05, 0.1) is 6.26 Å². The molecule has 0 fully saturated rings. The Labute approximate surface area is 140 Å². The highest BCUT2D eigenvalue weighted by atomic mass is 32.2. The van der Waals surface area contributed by atoms with Crippen LogP contribution in [0.25, 0.3) is 0 Å². The van der Waals surface area contributed by atoms with Gasteiger partial charge in [-0.05, 0) is 18.2 Å². The second-order valence-electron chi connectivity index (χ2n) is 6.06. The summed E-state index contributed by atoms with van der Waals surface area (Å²) in [5.74, 6) is 0.743. The first-order valence-corrected chi connectivity index (χ1v) is 8.95. The Hall–Kier alpha value is -2.00. The lowest BCUT2D eigenvalue weighted by Crippen LogP contribution is -2.45. The summed E-state index contributed by atoms with van der Waals surface area (Å²) in [4.78, 5) is 10.6. The fourth-order valence-corrected chi connectivity index (χ4v) is 3.21. The van der Waals surface area contributed by atoms with E-state index in [0.29, 0.717) is 5.75 Å². The Bertz CT molecular complexity index is 725. The minimum atomic E-state index is -3.64. The molecular weight excluding hydrogens is 340 g/mol. The van der Waals surface area contributed by atoms with Gasteiger partial charge in [0.15, 0.2) is 0 Å². The van der Waals surface area contributed by atoms with Crippen molar-refractivity contribution < 1.29 is 36.7 Å². The molecule has 1 aliphatic rings. The monoisotopic (exact) mass is 360 g/mol. The average molecular weight is 360 g/mol. The molecule has 1 N–H and O–H groups in total. The van der Waals surface area contributed by atoms with Gasteiger partial charge in [0, 0.05) is 18.1 Å². The zero-order valence-corrected chi connectivity index (χ0v) is 14.6. The molecule has 0 radical (unpaired) electrons. The van der Waals surface area contributed by atoms with Gasteiger partial charge in [-0.25, -0.2) is 4.79 Å². The first-order valence-electron chi connectivity index (χ1n) is 7.13. The normalized spacial score (nSPS) is 19.9. The van der Waals surface area contributed by atoms with Crippen LogP contribution in [0.15, 0.2) is 18.2 Å². The van der Waals surface area contributed by atoms with Crippen LogP contribution in [0.2, 0.25) is 0 Å². The SMILES string of the molecule is COC(COC(=O)O)C1Oc2ccc(OS(C)(=O)=O)cc2C1(C)C. The van der Waals surface area contributed by atoms with Gasteiger partial charge < -0.3 is 23.5 Å². The third kappa shape index (κ3) is 3.90. The third-order valence-electron chi connectivity index (χ3n) is 3.87. The molecular formula is C15H20O8S. The molecule has 2 unspecified atom stereocenters. The maximum atomic E-state index is 11.3. The van der Waals surface area contributed by atoms with E-state index in [1.165, 1.54) is 13.2 Å². The first kappa shape index (κ1) is 18.3. The topological polar surface area (TPSA) is 108 Å². The van der Waals surface area contributed by atoms with Crippen molar-refractivity contribution in [1.29, 1.82) is 0 Å². The number of rotatable bonds is 6. The standard InChI is InChI=1S/C15H20O8S/c1-15(2)10-7-9(23-24(4,18)19)5-6-11(10)22-13(15)12(20-3)8-21-14(16)17/h5-7,12-13H,8H2,1-4H3,(H,16,17). The fraction of sp³-hybridized carbons (Fsp3) is 0.533. The van der Waals surface area contributed by atoms with Gasteiger partial charge in [-0.2, -0.15) is 8.42 Å². The van der Waals surface area contributed by atoms with Gasteiger partial charge in [0.1, 0.15) is 30.3 Å². The van der Waals surface area contributed by atoms with Crippen molar-refractivity contribution in [2.45, 2.75) is 31.5 Å². The van der Waals surface area contributed by atoms with E-state index in [-0.39, 0.29) is 12.4 Å². The molecule has 0 aromatic heterocycles. The number of ether oxygens (including phenoxy) is 3. The highest BCUT2D eigenvalue weighted by Gasteiger charge is 2.46. The molecule has 0 saturated heterocycles. The number of carboxylic acid groups (broad SMARTS) is 1. The summed E-state index contributed by atoms with van der Waals surface area (Å²) in [7, 11) is -2.19. The van der Waals surface area contributed by atoms with E-state index in [4.69, 9.17) is 18.8 Å².